The number of nitrogens with zero attached hydrogens (tertiary/aromatic N) is 6. The van der Waals surface area contributed by atoms with E-state index >= 15 is 0 Å². The van der Waals surface area contributed by atoms with Gasteiger partial charge in [-0.05, 0) is 74.4 Å². The number of alkyl halides is 1. The number of rotatable bonds is 26. The Morgan fingerprint density at radius 3 is 1.34 bits per heavy atom. The Labute approximate surface area is 351 Å². The van der Waals surface area contributed by atoms with Crippen molar-refractivity contribution in [3.63, 3.8) is 0 Å². The predicted molar refractivity (Wildman–Crippen MR) is 226 cm³/mol. The Kier molecular flexibility index (Phi) is 22.5. The number of nitriles is 3. The summed E-state index contributed by atoms with van der Waals surface area (Å²) in [7, 11) is 0. The van der Waals surface area contributed by atoms with Crippen LogP contribution in [0.15, 0.2) is 84.0 Å². The van der Waals surface area contributed by atoms with Crippen LogP contribution in [0.25, 0.3) is 12.2 Å². The number of halogens is 1. The van der Waals surface area contributed by atoms with E-state index < -0.39 is 23.9 Å². The highest BCUT2D eigenvalue weighted by atomic mass is 35.5. The Hall–Kier alpha value is -6.40. The van der Waals surface area contributed by atoms with Crippen LogP contribution in [-0.2, 0) is 38.1 Å². The van der Waals surface area contributed by atoms with Gasteiger partial charge in [-0.1, -0.05) is 44.3 Å². The minimum absolute atomic E-state index is 0.155. The molecule has 0 bridgehead atoms. The van der Waals surface area contributed by atoms with Crippen LogP contribution in [0.5, 0.6) is 0 Å². The zero-order chi connectivity index (χ0) is 43.6. The second-order valence-corrected chi connectivity index (χ2v) is 13.4. The third kappa shape index (κ3) is 18.2. The fourth-order valence-electron chi connectivity index (χ4n) is 5.31. The molecule has 2 aromatic rings. The molecule has 2 aromatic carbocycles. The molecule has 0 aromatic heterocycles. The van der Waals surface area contributed by atoms with Gasteiger partial charge in [0.2, 0.25) is 0 Å². The fourth-order valence-corrected chi connectivity index (χ4v) is 5.52. The SMILES string of the molecule is C=C(C)C(=O)OCCOC(=O)/C(C#N)=C/c1ccc(N(CCCl)CCN(CCC)CCN(CCC#N)c2ccc(/C=C(\C#N)C(=O)OCCOC(=O)C(=C)C)cc2)cc1. The first-order valence-corrected chi connectivity index (χ1v) is 19.5. The smallest absolute Gasteiger partial charge is 0.349 e. The first-order valence-electron chi connectivity index (χ1n) is 19.0. The highest BCUT2D eigenvalue weighted by Gasteiger charge is 2.16. The van der Waals surface area contributed by atoms with Crippen LogP contribution < -0.4 is 9.80 Å². The molecular formula is C44H51ClN6O8. The summed E-state index contributed by atoms with van der Waals surface area (Å²) >= 11 is 6.21. The lowest BCUT2D eigenvalue weighted by Gasteiger charge is -2.31. The maximum absolute atomic E-state index is 12.4. The molecule has 0 fully saturated rings. The minimum Gasteiger partial charge on any atom is -0.459 e. The molecule has 0 saturated heterocycles. The van der Waals surface area contributed by atoms with Crippen LogP contribution >= 0.6 is 11.6 Å². The van der Waals surface area contributed by atoms with E-state index in [9.17, 15) is 35.0 Å². The van der Waals surface area contributed by atoms with Gasteiger partial charge in [-0.15, -0.1) is 11.6 Å². The summed E-state index contributed by atoms with van der Waals surface area (Å²) < 4.78 is 20.0. The van der Waals surface area contributed by atoms with E-state index in [1.54, 1.807) is 24.3 Å². The van der Waals surface area contributed by atoms with E-state index in [1.807, 2.05) is 36.4 Å². The molecule has 0 atom stereocenters. The van der Waals surface area contributed by atoms with Gasteiger partial charge in [-0.25, -0.2) is 19.2 Å². The molecule has 0 aliphatic rings. The standard InChI is InChI=1S/C44H51ClN6O8/c1-6-18-49(22-24-51(20-16-45)40-14-10-36(11-15-40)30-38(32-48)44(55)59-28-26-57-42(53)34(4)5)21-23-50(19-7-17-46)39-12-8-35(9-13-39)29-37(31-47)43(54)58-27-25-56-41(52)33(2)3/h8-15,29-30H,2,4,6-7,16,18-28H2,1,3,5H3/b37-29+,38-30+. The molecule has 0 amide bonds. The van der Waals surface area contributed by atoms with E-state index in [4.69, 9.17) is 30.5 Å². The van der Waals surface area contributed by atoms with E-state index in [2.05, 4.69) is 40.9 Å². The quantitative estimate of drug-likeness (QED) is 0.0268. The Bertz CT molecular complexity index is 1940. The molecule has 2 rings (SSSR count). The average Bonchev–Trinajstić information content (AvgIpc) is 3.23. The van der Waals surface area contributed by atoms with Gasteiger partial charge in [0.25, 0.3) is 0 Å². The number of carbonyl (C=O) groups excluding carboxylic acids is 4. The lowest BCUT2D eigenvalue weighted by atomic mass is 10.1. The van der Waals surface area contributed by atoms with Gasteiger partial charge >= 0.3 is 23.9 Å². The van der Waals surface area contributed by atoms with Gasteiger partial charge in [0, 0.05) is 67.7 Å². The lowest BCUT2D eigenvalue weighted by Crippen LogP contribution is -2.41. The van der Waals surface area contributed by atoms with Gasteiger partial charge in [0.05, 0.1) is 12.5 Å². The predicted octanol–water partition coefficient (Wildman–Crippen LogP) is 6.00. The third-order valence-corrected chi connectivity index (χ3v) is 8.54. The zero-order valence-electron chi connectivity index (χ0n) is 33.9. The summed E-state index contributed by atoms with van der Waals surface area (Å²) in [4.78, 5) is 54.5. The van der Waals surface area contributed by atoms with Gasteiger partial charge in [0.15, 0.2) is 0 Å². The zero-order valence-corrected chi connectivity index (χ0v) is 34.7. The van der Waals surface area contributed by atoms with Crippen LogP contribution in [0.4, 0.5) is 11.4 Å². The molecular weight excluding hydrogens is 776 g/mol. The molecule has 59 heavy (non-hydrogen) atoms. The van der Waals surface area contributed by atoms with Crippen molar-refractivity contribution in [3.05, 3.63) is 95.1 Å². The largest absolute Gasteiger partial charge is 0.459 e. The van der Waals surface area contributed by atoms with Crippen molar-refractivity contribution >= 4 is 59.0 Å². The van der Waals surface area contributed by atoms with E-state index in [1.165, 1.54) is 26.0 Å². The molecule has 0 unspecified atom stereocenters. The van der Waals surface area contributed by atoms with Crippen LogP contribution in [0.2, 0.25) is 0 Å². The van der Waals surface area contributed by atoms with Crippen LogP contribution in [-0.4, -0.2) is 107 Å². The van der Waals surface area contributed by atoms with Gasteiger partial charge in [0.1, 0.15) is 49.7 Å². The minimum atomic E-state index is -0.837. The lowest BCUT2D eigenvalue weighted by molar-refractivity contribution is -0.147. The molecule has 0 N–H and O–H groups in total. The number of anilines is 2. The van der Waals surface area contributed by atoms with Gasteiger partial charge in [-0.2, -0.15) is 15.8 Å². The summed E-state index contributed by atoms with van der Waals surface area (Å²) in [5.41, 5.74) is 3.07. The van der Waals surface area contributed by atoms with Crippen molar-refractivity contribution in [2.75, 3.05) is 87.9 Å². The van der Waals surface area contributed by atoms with Crippen LogP contribution in [0.1, 0.15) is 44.7 Å². The van der Waals surface area contributed by atoms with Gasteiger partial charge in [-0.3, -0.25) is 4.90 Å². The summed E-state index contributed by atoms with van der Waals surface area (Å²) in [6, 6.07) is 20.6. The summed E-state index contributed by atoms with van der Waals surface area (Å²) in [5.74, 6) is -2.46. The molecule has 0 aliphatic heterocycles. The Morgan fingerprint density at radius 2 is 1.00 bits per heavy atom. The first kappa shape index (κ1) is 48.7. The third-order valence-electron chi connectivity index (χ3n) is 8.38. The first-order chi connectivity index (χ1) is 28.4. The number of carbonyl (C=O) groups is 4. The van der Waals surface area contributed by atoms with Crippen LogP contribution in [0, 0.1) is 34.0 Å². The van der Waals surface area contributed by atoms with Crippen molar-refractivity contribution in [2.45, 2.75) is 33.6 Å². The summed E-state index contributed by atoms with van der Waals surface area (Å²) in [6.45, 7) is 16.1. The second kappa shape index (κ2) is 27.3. The van der Waals surface area contributed by atoms with E-state index in [-0.39, 0.29) is 48.7 Å². The highest BCUT2D eigenvalue weighted by molar-refractivity contribution is 6.18. The molecule has 0 heterocycles. The molecule has 312 valence electrons. The van der Waals surface area contributed by atoms with E-state index in [0.717, 1.165) is 37.4 Å². The highest BCUT2D eigenvalue weighted by Crippen LogP contribution is 2.20. The topological polar surface area (TPSA) is 186 Å². The molecule has 0 spiro atoms. The number of benzene rings is 2. The molecule has 0 radical (unpaired) electrons. The number of hydrogen-bond donors (Lipinski definition) is 0. The Balaban J connectivity index is 2.06. The normalized spacial score (nSPS) is 11.0. The molecule has 15 heteroatoms. The van der Waals surface area contributed by atoms with E-state index in [0.29, 0.717) is 49.6 Å². The summed E-state index contributed by atoms with van der Waals surface area (Å²) in [5, 5.41) is 28.5. The van der Waals surface area contributed by atoms with Gasteiger partial charge < -0.3 is 28.7 Å². The van der Waals surface area contributed by atoms with Crippen molar-refractivity contribution in [3.8, 4) is 18.2 Å². The average molecular weight is 827 g/mol. The van der Waals surface area contributed by atoms with Crippen molar-refractivity contribution in [1.82, 2.24) is 4.90 Å². The number of hydrogen-bond acceptors (Lipinski definition) is 14. The molecule has 0 saturated carbocycles. The monoisotopic (exact) mass is 826 g/mol. The fraction of sp³-hybridized carbons (Fsp3) is 0.386. The maximum Gasteiger partial charge on any atom is 0.349 e. The molecule has 14 nitrogen and oxygen atoms in total. The van der Waals surface area contributed by atoms with Crippen molar-refractivity contribution < 1.29 is 38.1 Å². The number of esters is 4. The number of ether oxygens (including phenoxy) is 4. The summed E-state index contributed by atoms with van der Waals surface area (Å²) in [6.07, 6.45) is 4.10. The Morgan fingerprint density at radius 1 is 0.610 bits per heavy atom. The van der Waals surface area contributed by atoms with Crippen LogP contribution in [0.3, 0.4) is 0 Å². The van der Waals surface area contributed by atoms with Crippen molar-refractivity contribution in [1.29, 1.82) is 15.8 Å². The maximum atomic E-state index is 12.4. The van der Waals surface area contributed by atoms with Crippen molar-refractivity contribution in [2.24, 2.45) is 0 Å². The second-order valence-electron chi connectivity index (χ2n) is 13.0. The molecule has 0 aliphatic carbocycles.